The summed E-state index contributed by atoms with van der Waals surface area (Å²) in [6.45, 7) is 9.29. The number of hydrogen-bond acceptors (Lipinski definition) is 3. The first-order chi connectivity index (χ1) is 9.99. The van der Waals surface area contributed by atoms with Gasteiger partial charge in [0.15, 0.2) is 0 Å². The molecule has 0 unspecified atom stereocenters. The van der Waals surface area contributed by atoms with Crippen molar-refractivity contribution in [3.05, 3.63) is 0 Å². The molecule has 3 nitrogen and oxygen atoms in total. The average Bonchev–Trinajstić information content (AvgIpc) is 2.37. The van der Waals surface area contributed by atoms with E-state index in [0.717, 1.165) is 31.2 Å². The summed E-state index contributed by atoms with van der Waals surface area (Å²) in [5.74, 6) is 1.47. The Kier molecular flexibility index (Phi) is 6.51. The van der Waals surface area contributed by atoms with E-state index in [0.29, 0.717) is 5.41 Å². The van der Waals surface area contributed by atoms with Gasteiger partial charge >= 0.3 is 0 Å². The van der Waals surface area contributed by atoms with E-state index in [-0.39, 0.29) is 6.10 Å². The predicted octanol–water partition coefficient (Wildman–Crippen LogP) is 2.89. The second-order valence-corrected chi connectivity index (χ2v) is 8.27. The maximum absolute atomic E-state index is 9.44. The molecular formula is C18H36N2O. The maximum Gasteiger partial charge on any atom is 0.0546 e. The van der Waals surface area contributed by atoms with Crippen molar-refractivity contribution in [3.63, 3.8) is 0 Å². The fourth-order valence-corrected chi connectivity index (χ4v) is 4.25. The number of rotatable bonds is 8. The zero-order valence-corrected chi connectivity index (χ0v) is 14.4. The normalized spacial score (nSPS) is 28.9. The van der Waals surface area contributed by atoms with Crippen molar-refractivity contribution in [3.8, 4) is 0 Å². The van der Waals surface area contributed by atoms with Gasteiger partial charge in [-0.1, -0.05) is 33.1 Å². The summed E-state index contributed by atoms with van der Waals surface area (Å²) in [7, 11) is 2.28. The summed E-state index contributed by atoms with van der Waals surface area (Å²) in [6, 6.07) is 0. The summed E-state index contributed by atoms with van der Waals surface area (Å²) in [6.07, 6.45) is 9.01. The van der Waals surface area contributed by atoms with E-state index in [1.165, 1.54) is 51.7 Å². The minimum atomic E-state index is -0.0141. The third-order valence-electron chi connectivity index (χ3n) is 5.35. The van der Waals surface area contributed by atoms with Crippen molar-refractivity contribution in [2.75, 3.05) is 33.2 Å². The Bertz CT molecular complexity index is 294. The van der Waals surface area contributed by atoms with Crippen molar-refractivity contribution in [1.29, 1.82) is 0 Å². The van der Waals surface area contributed by atoms with E-state index >= 15 is 0 Å². The van der Waals surface area contributed by atoms with E-state index in [1.807, 2.05) is 0 Å². The van der Waals surface area contributed by atoms with Crippen LogP contribution in [-0.2, 0) is 0 Å². The predicted molar refractivity (Wildman–Crippen MR) is 89.5 cm³/mol. The lowest BCUT2D eigenvalue weighted by molar-refractivity contribution is 0.0180. The largest absolute Gasteiger partial charge is 0.393 e. The Morgan fingerprint density at radius 1 is 1.19 bits per heavy atom. The van der Waals surface area contributed by atoms with Crippen LogP contribution in [-0.4, -0.2) is 49.3 Å². The molecule has 0 aromatic heterocycles. The molecule has 2 N–H and O–H groups in total. The van der Waals surface area contributed by atoms with Gasteiger partial charge in [-0.2, -0.15) is 0 Å². The Hall–Kier alpha value is -0.120. The van der Waals surface area contributed by atoms with Crippen LogP contribution in [0.3, 0.4) is 0 Å². The lowest BCUT2D eigenvalue weighted by Crippen LogP contribution is -2.47. The van der Waals surface area contributed by atoms with Gasteiger partial charge in [-0.3, -0.25) is 0 Å². The highest BCUT2D eigenvalue weighted by Crippen LogP contribution is 2.37. The highest BCUT2D eigenvalue weighted by atomic mass is 16.3. The van der Waals surface area contributed by atoms with Crippen LogP contribution in [0.25, 0.3) is 0 Å². The molecule has 0 radical (unpaired) electrons. The molecule has 2 aliphatic rings. The molecule has 0 aromatic carbocycles. The van der Waals surface area contributed by atoms with Crippen molar-refractivity contribution in [1.82, 2.24) is 10.2 Å². The van der Waals surface area contributed by atoms with Gasteiger partial charge < -0.3 is 15.3 Å². The van der Waals surface area contributed by atoms with Gasteiger partial charge in [-0.15, -0.1) is 0 Å². The number of aliphatic hydroxyl groups is 1. The van der Waals surface area contributed by atoms with Crippen molar-refractivity contribution in [2.45, 2.75) is 64.9 Å². The molecule has 2 fully saturated rings. The van der Waals surface area contributed by atoms with Gasteiger partial charge in [-0.25, -0.2) is 0 Å². The summed E-state index contributed by atoms with van der Waals surface area (Å²) in [4.78, 5) is 2.54. The smallest absolute Gasteiger partial charge is 0.0546 e. The van der Waals surface area contributed by atoms with Crippen LogP contribution in [0.15, 0.2) is 0 Å². The van der Waals surface area contributed by atoms with E-state index in [2.05, 4.69) is 31.1 Å². The zero-order valence-electron chi connectivity index (χ0n) is 14.4. The Balaban J connectivity index is 1.80. The average molecular weight is 296 g/mol. The SMILES string of the molecule is CC(C)CNCC1(CN(C)CC2CC(O)C2)CCCCC1. The molecule has 124 valence electrons. The summed E-state index contributed by atoms with van der Waals surface area (Å²) in [5, 5.41) is 13.2. The van der Waals surface area contributed by atoms with E-state index in [1.54, 1.807) is 0 Å². The Morgan fingerprint density at radius 2 is 1.86 bits per heavy atom. The van der Waals surface area contributed by atoms with E-state index < -0.39 is 0 Å². The topological polar surface area (TPSA) is 35.5 Å². The van der Waals surface area contributed by atoms with Gasteiger partial charge in [0.2, 0.25) is 0 Å². The summed E-state index contributed by atoms with van der Waals surface area (Å²) >= 11 is 0. The van der Waals surface area contributed by atoms with Crippen LogP contribution in [0, 0.1) is 17.3 Å². The number of nitrogens with one attached hydrogen (secondary N) is 1. The number of hydrogen-bond donors (Lipinski definition) is 2. The van der Waals surface area contributed by atoms with Crippen molar-refractivity contribution < 1.29 is 5.11 Å². The molecule has 0 heterocycles. The minimum absolute atomic E-state index is 0.0141. The molecule has 0 aliphatic heterocycles. The lowest BCUT2D eigenvalue weighted by atomic mass is 9.73. The van der Waals surface area contributed by atoms with Gasteiger partial charge in [0, 0.05) is 19.6 Å². The van der Waals surface area contributed by atoms with Crippen LogP contribution in [0.2, 0.25) is 0 Å². The number of aliphatic hydroxyl groups excluding tert-OH is 1. The molecule has 0 aromatic rings. The maximum atomic E-state index is 9.44. The molecule has 0 amide bonds. The van der Waals surface area contributed by atoms with Gasteiger partial charge in [-0.05, 0) is 56.5 Å². The molecule has 21 heavy (non-hydrogen) atoms. The molecule has 0 saturated heterocycles. The summed E-state index contributed by atoms with van der Waals surface area (Å²) < 4.78 is 0. The van der Waals surface area contributed by atoms with E-state index in [9.17, 15) is 5.11 Å². The summed E-state index contributed by atoms with van der Waals surface area (Å²) in [5.41, 5.74) is 0.490. The second kappa shape index (κ2) is 7.94. The van der Waals surface area contributed by atoms with Crippen LogP contribution < -0.4 is 5.32 Å². The molecule has 3 heteroatoms. The van der Waals surface area contributed by atoms with Crippen molar-refractivity contribution in [2.24, 2.45) is 17.3 Å². The third-order valence-corrected chi connectivity index (χ3v) is 5.35. The first kappa shape index (κ1) is 17.2. The fraction of sp³-hybridized carbons (Fsp3) is 1.00. The molecule has 0 spiro atoms. The quantitative estimate of drug-likeness (QED) is 0.723. The van der Waals surface area contributed by atoms with Crippen LogP contribution in [0.1, 0.15) is 58.8 Å². The third kappa shape index (κ3) is 5.54. The molecular weight excluding hydrogens is 260 g/mol. The fourth-order valence-electron chi connectivity index (χ4n) is 4.25. The van der Waals surface area contributed by atoms with Gasteiger partial charge in [0.25, 0.3) is 0 Å². The monoisotopic (exact) mass is 296 g/mol. The highest BCUT2D eigenvalue weighted by Gasteiger charge is 2.34. The van der Waals surface area contributed by atoms with E-state index in [4.69, 9.17) is 0 Å². The van der Waals surface area contributed by atoms with Crippen LogP contribution >= 0.6 is 0 Å². The van der Waals surface area contributed by atoms with Gasteiger partial charge in [0.1, 0.15) is 0 Å². The molecule has 0 atom stereocenters. The first-order valence-electron chi connectivity index (χ1n) is 9.06. The standard InChI is InChI=1S/C18H36N2O/c1-15(2)11-19-13-18(7-5-4-6-8-18)14-20(3)12-16-9-17(21)10-16/h15-17,19,21H,4-14H2,1-3H3. The van der Waals surface area contributed by atoms with Crippen LogP contribution in [0.5, 0.6) is 0 Å². The van der Waals surface area contributed by atoms with Crippen molar-refractivity contribution >= 4 is 0 Å². The first-order valence-corrected chi connectivity index (χ1v) is 9.06. The molecule has 0 bridgehead atoms. The Labute approximate surface area is 131 Å². The minimum Gasteiger partial charge on any atom is -0.393 e. The highest BCUT2D eigenvalue weighted by molar-refractivity contribution is 4.89. The lowest BCUT2D eigenvalue weighted by Gasteiger charge is -2.42. The molecule has 2 saturated carbocycles. The second-order valence-electron chi connectivity index (χ2n) is 8.27. The molecule has 2 rings (SSSR count). The Morgan fingerprint density at radius 3 is 2.43 bits per heavy atom. The zero-order chi connectivity index (χ0) is 15.3. The molecule has 2 aliphatic carbocycles. The van der Waals surface area contributed by atoms with Crippen LogP contribution in [0.4, 0.5) is 0 Å². The number of nitrogens with zero attached hydrogens (tertiary/aromatic N) is 1. The van der Waals surface area contributed by atoms with Gasteiger partial charge in [0.05, 0.1) is 6.10 Å².